The van der Waals surface area contributed by atoms with Crippen LogP contribution in [-0.2, 0) is 16.4 Å². The Morgan fingerprint density at radius 1 is 1.04 bits per heavy atom. The second kappa shape index (κ2) is 5.19. The van der Waals surface area contributed by atoms with Gasteiger partial charge in [0.15, 0.2) is 0 Å². The highest BCUT2D eigenvalue weighted by Crippen LogP contribution is 2.42. The average molecular weight is 352 g/mol. The first-order valence-electron chi connectivity index (χ1n) is 8.76. The van der Waals surface area contributed by atoms with Crippen LogP contribution >= 0.6 is 0 Å². The van der Waals surface area contributed by atoms with Gasteiger partial charge in [-0.3, -0.25) is 0 Å². The van der Waals surface area contributed by atoms with Crippen LogP contribution in [0.25, 0.3) is 10.9 Å². The lowest BCUT2D eigenvalue weighted by molar-refractivity contribution is 0.507. The van der Waals surface area contributed by atoms with E-state index < -0.39 is 10.0 Å². The monoisotopic (exact) mass is 352 g/mol. The molecule has 0 spiro atoms. The van der Waals surface area contributed by atoms with Gasteiger partial charge in [-0.25, -0.2) is 12.4 Å². The van der Waals surface area contributed by atoms with E-state index in [4.69, 9.17) is 0 Å². The molecule has 128 valence electrons. The molecule has 3 heterocycles. The molecule has 0 radical (unpaired) electrons. The number of para-hydroxylation sites is 1. The van der Waals surface area contributed by atoms with Crippen LogP contribution in [0.15, 0.2) is 53.4 Å². The van der Waals surface area contributed by atoms with Crippen molar-refractivity contribution in [3.05, 3.63) is 65.4 Å². The van der Waals surface area contributed by atoms with Gasteiger partial charge in [0, 0.05) is 29.6 Å². The molecule has 5 heteroatoms. The summed E-state index contributed by atoms with van der Waals surface area (Å²) in [5.74, 6) is 0. The van der Waals surface area contributed by atoms with Crippen LogP contribution in [0.2, 0.25) is 0 Å². The number of nitrogens with one attached hydrogen (secondary N) is 1. The van der Waals surface area contributed by atoms with Gasteiger partial charge in [0.2, 0.25) is 0 Å². The highest BCUT2D eigenvalue weighted by Gasteiger charge is 2.38. The van der Waals surface area contributed by atoms with Gasteiger partial charge in [-0.15, -0.1) is 0 Å². The molecule has 25 heavy (non-hydrogen) atoms. The molecule has 5 rings (SSSR count). The van der Waals surface area contributed by atoms with Crippen LogP contribution in [0.5, 0.6) is 0 Å². The molecule has 0 saturated carbocycles. The van der Waals surface area contributed by atoms with Gasteiger partial charge in [0.1, 0.15) is 0 Å². The van der Waals surface area contributed by atoms with E-state index >= 15 is 0 Å². The minimum atomic E-state index is -3.61. The largest absolute Gasteiger partial charge is 0.307 e. The van der Waals surface area contributed by atoms with Crippen molar-refractivity contribution < 1.29 is 8.42 Å². The Bertz CT molecular complexity index is 1080. The molecule has 2 aromatic carbocycles. The minimum absolute atomic E-state index is 0.271. The van der Waals surface area contributed by atoms with Crippen LogP contribution in [0.1, 0.15) is 35.7 Å². The highest BCUT2D eigenvalue weighted by atomic mass is 32.2. The van der Waals surface area contributed by atoms with E-state index in [1.807, 2.05) is 37.3 Å². The Hall–Kier alpha value is -2.11. The van der Waals surface area contributed by atoms with Crippen molar-refractivity contribution in [2.24, 2.45) is 0 Å². The fourth-order valence-electron chi connectivity index (χ4n) is 4.40. The third-order valence-corrected chi connectivity index (χ3v) is 7.32. The number of nitrogens with zero attached hydrogens (tertiary/aromatic N) is 1. The number of aryl methyl sites for hydroxylation is 1. The lowest BCUT2D eigenvalue weighted by atomic mass is 9.99. The van der Waals surface area contributed by atoms with E-state index in [1.165, 1.54) is 5.56 Å². The summed E-state index contributed by atoms with van der Waals surface area (Å²) in [4.78, 5) is 0.354. The molecular weight excluding hydrogens is 332 g/mol. The van der Waals surface area contributed by atoms with E-state index in [0.717, 1.165) is 41.4 Å². The number of aromatic nitrogens is 1. The first-order chi connectivity index (χ1) is 12.1. The Morgan fingerprint density at radius 3 is 2.60 bits per heavy atom. The quantitative estimate of drug-likeness (QED) is 0.767. The molecule has 1 saturated heterocycles. The summed E-state index contributed by atoms with van der Waals surface area (Å²) >= 11 is 0. The molecular formula is C20H20N2O2S. The predicted octanol–water partition coefficient (Wildman–Crippen LogP) is 3.54. The number of hydrogen-bond acceptors (Lipinski definition) is 3. The van der Waals surface area contributed by atoms with Crippen molar-refractivity contribution in [1.29, 1.82) is 0 Å². The first kappa shape index (κ1) is 15.2. The van der Waals surface area contributed by atoms with E-state index in [2.05, 4.69) is 11.4 Å². The van der Waals surface area contributed by atoms with Gasteiger partial charge in [-0.1, -0.05) is 35.9 Å². The average Bonchev–Trinajstić information content (AvgIpc) is 3.14. The van der Waals surface area contributed by atoms with Gasteiger partial charge in [-0.05, 0) is 43.5 Å². The van der Waals surface area contributed by atoms with E-state index in [9.17, 15) is 8.42 Å². The van der Waals surface area contributed by atoms with Gasteiger partial charge in [-0.2, -0.15) is 0 Å². The van der Waals surface area contributed by atoms with Crippen LogP contribution in [0.4, 0.5) is 0 Å². The van der Waals surface area contributed by atoms with Gasteiger partial charge in [0.25, 0.3) is 10.0 Å². The van der Waals surface area contributed by atoms with Crippen LogP contribution in [0.3, 0.4) is 0 Å². The first-order valence-corrected chi connectivity index (χ1v) is 10.2. The Balaban J connectivity index is 1.82. The summed E-state index contributed by atoms with van der Waals surface area (Å²) in [7, 11) is -3.61. The number of rotatable bonds is 2. The molecule has 4 nitrogen and oxygen atoms in total. The maximum Gasteiger partial charge on any atom is 0.268 e. The maximum atomic E-state index is 13.5. The van der Waals surface area contributed by atoms with Crippen LogP contribution < -0.4 is 5.32 Å². The van der Waals surface area contributed by atoms with Crippen LogP contribution in [-0.4, -0.2) is 18.4 Å². The summed E-state index contributed by atoms with van der Waals surface area (Å²) < 4.78 is 28.5. The molecule has 3 aromatic rings. The second-order valence-corrected chi connectivity index (χ2v) is 8.94. The van der Waals surface area contributed by atoms with Crippen molar-refractivity contribution in [2.75, 3.05) is 0 Å². The molecule has 0 aliphatic carbocycles. The van der Waals surface area contributed by atoms with E-state index in [1.54, 1.807) is 16.1 Å². The van der Waals surface area contributed by atoms with Crippen molar-refractivity contribution in [1.82, 2.24) is 9.29 Å². The van der Waals surface area contributed by atoms with Gasteiger partial charge < -0.3 is 5.32 Å². The van der Waals surface area contributed by atoms with Crippen molar-refractivity contribution in [3.63, 3.8) is 0 Å². The molecule has 2 unspecified atom stereocenters. The molecule has 0 amide bonds. The molecule has 1 fully saturated rings. The second-order valence-electron chi connectivity index (χ2n) is 7.16. The molecule has 1 aromatic heterocycles. The van der Waals surface area contributed by atoms with E-state index in [0.29, 0.717) is 10.9 Å². The van der Waals surface area contributed by atoms with Crippen molar-refractivity contribution in [3.8, 4) is 0 Å². The third-order valence-electron chi connectivity index (χ3n) is 5.56. The zero-order valence-electron chi connectivity index (χ0n) is 14.1. The van der Waals surface area contributed by atoms with E-state index in [-0.39, 0.29) is 6.04 Å². The number of benzene rings is 2. The lowest BCUT2D eigenvalue weighted by Crippen LogP contribution is -2.33. The normalized spacial score (nSPS) is 22.3. The standard InChI is InChI=1S/C20H20N2O2S/c1-13-6-9-15(10-7-13)25(23,24)22-18-5-3-2-4-16(18)20-17-11-8-14(21-17)12-19(20)22/h2-7,9-10,14,17,21H,8,11-12H2,1H3. The molecule has 1 N–H and O–H groups in total. The number of fused-ring (bicyclic) bond motifs is 6. The number of hydrogen-bond donors (Lipinski definition) is 1. The zero-order chi connectivity index (χ0) is 17.2. The van der Waals surface area contributed by atoms with Crippen molar-refractivity contribution in [2.45, 2.75) is 43.2 Å². The third kappa shape index (κ3) is 2.12. The predicted molar refractivity (Wildman–Crippen MR) is 98.3 cm³/mol. The minimum Gasteiger partial charge on any atom is -0.307 e. The molecule has 2 aliphatic rings. The summed E-state index contributed by atoms with van der Waals surface area (Å²) in [6.45, 7) is 1.96. The Morgan fingerprint density at radius 2 is 1.80 bits per heavy atom. The lowest BCUT2D eigenvalue weighted by Gasteiger charge is -2.23. The maximum absolute atomic E-state index is 13.5. The molecule has 2 aliphatic heterocycles. The SMILES string of the molecule is Cc1ccc(S(=O)(=O)n2c3c(c4ccccc42)C2CCC(C3)N2)cc1. The Kier molecular flexibility index (Phi) is 3.15. The van der Waals surface area contributed by atoms with Crippen molar-refractivity contribution >= 4 is 20.9 Å². The highest BCUT2D eigenvalue weighted by molar-refractivity contribution is 7.90. The zero-order valence-corrected chi connectivity index (χ0v) is 14.9. The summed E-state index contributed by atoms with van der Waals surface area (Å²) in [5.41, 5.74) is 4.00. The summed E-state index contributed by atoms with van der Waals surface area (Å²) in [6.07, 6.45) is 2.96. The fraction of sp³-hybridized carbons (Fsp3) is 0.300. The van der Waals surface area contributed by atoms with Gasteiger partial charge >= 0.3 is 0 Å². The van der Waals surface area contributed by atoms with Crippen LogP contribution in [0, 0.1) is 6.92 Å². The topological polar surface area (TPSA) is 51.1 Å². The Labute approximate surface area is 147 Å². The smallest absolute Gasteiger partial charge is 0.268 e. The molecule has 2 bridgehead atoms. The summed E-state index contributed by atoms with van der Waals surface area (Å²) in [5, 5.41) is 4.70. The summed E-state index contributed by atoms with van der Waals surface area (Å²) in [6, 6.07) is 15.7. The van der Waals surface area contributed by atoms with Gasteiger partial charge in [0.05, 0.1) is 10.4 Å². The molecule has 2 atom stereocenters. The fourth-order valence-corrected chi connectivity index (χ4v) is 5.97.